The lowest BCUT2D eigenvalue weighted by molar-refractivity contribution is 0.746. The second-order valence-electron chi connectivity index (χ2n) is 3.56. The number of aromatic nitrogens is 1. The van der Waals surface area contributed by atoms with Gasteiger partial charge in [0.2, 0.25) is 0 Å². The molecule has 2 heterocycles. The summed E-state index contributed by atoms with van der Waals surface area (Å²) in [5.74, 6) is 1.16. The molecule has 0 radical (unpaired) electrons. The highest BCUT2D eigenvalue weighted by atomic mass is 35.5. The zero-order chi connectivity index (χ0) is 9.97. The quantitative estimate of drug-likeness (QED) is 0.788. The van der Waals surface area contributed by atoms with Gasteiger partial charge in [-0.25, -0.2) is 4.98 Å². The Kier molecular flexibility index (Phi) is 3.19. The third-order valence-electron chi connectivity index (χ3n) is 2.32. The molecule has 0 spiro atoms. The summed E-state index contributed by atoms with van der Waals surface area (Å²) < 4.78 is 0. The van der Waals surface area contributed by atoms with Gasteiger partial charge in [0.05, 0.1) is 5.69 Å². The molecular formula is C10H13ClN2S. The Morgan fingerprint density at radius 1 is 1.64 bits per heavy atom. The van der Waals surface area contributed by atoms with Crippen molar-refractivity contribution in [2.24, 2.45) is 0 Å². The Morgan fingerprint density at radius 2 is 2.50 bits per heavy atom. The fourth-order valence-electron chi connectivity index (χ4n) is 1.63. The van der Waals surface area contributed by atoms with Crippen molar-refractivity contribution in [1.82, 2.24) is 4.98 Å². The molecule has 1 aliphatic heterocycles. The Labute approximate surface area is 93.4 Å². The maximum absolute atomic E-state index is 5.96. The van der Waals surface area contributed by atoms with Crippen LogP contribution in [0.3, 0.4) is 0 Å². The molecule has 14 heavy (non-hydrogen) atoms. The van der Waals surface area contributed by atoms with Crippen LogP contribution in [0.4, 0.5) is 5.69 Å². The molecule has 1 N–H and O–H groups in total. The van der Waals surface area contributed by atoms with Gasteiger partial charge in [0.25, 0.3) is 0 Å². The summed E-state index contributed by atoms with van der Waals surface area (Å²) >= 11 is 7.96. The topological polar surface area (TPSA) is 24.9 Å². The second kappa shape index (κ2) is 4.41. The Balaban J connectivity index is 2.01. The van der Waals surface area contributed by atoms with Crippen LogP contribution in [0.5, 0.6) is 0 Å². The highest BCUT2D eigenvalue weighted by Crippen LogP contribution is 2.29. The number of nitrogens with one attached hydrogen (secondary N) is 1. The van der Waals surface area contributed by atoms with Crippen LogP contribution in [0.2, 0.25) is 5.15 Å². The maximum atomic E-state index is 5.96. The van der Waals surface area contributed by atoms with E-state index in [4.69, 9.17) is 11.6 Å². The maximum Gasteiger partial charge on any atom is 0.152 e. The predicted molar refractivity (Wildman–Crippen MR) is 63.2 cm³/mol. The van der Waals surface area contributed by atoms with E-state index in [1.165, 1.54) is 6.42 Å². The summed E-state index contributed by atoms with van der Waals surface area (Å²) in [5, 5.41) is 4.74. The number of nitrogens with zero attached hydrogens (tertiary/aromatic N) is 1. The molecule has 1 aromatic rings. The Morgan fingerprint density at radius 3 is 3.14 bits per heavy atom. The standard InChI is InChI=1S/C10H13ClN2S/c1-7-5-8(6-14-7)13-9-3-2-4-12-10(9)11/h2-4,7-8,13H,5-6H2,1H3. The van der Waals surface area contributed by atoms with Crippen molar-refractivity contribution in [3.8, 4) is 0 Å². The molecule has 2 atom stereocenters. The first-order valence-corrected chi connectivity index (χ1v) is 6.17. The van der Waals surface area contributed by atoms with E-state index < -0.39 is 0 Å². The highest BCUT2D eigenvalue weighted by Gasteiger charge is 2.21. The van der Waals surface area contributed by atoms with Gasteiger partial charge in [0.1, 0.15) is 0 Å². The van der Waals surface area contributed by atoms with E-state index in [9.17, 15) is 0 Å². The minimum atomic E-state index is 0.539. The van der Waals surface area contributed by atoms with Crippen LogP contribution in [0.25, 0.3) is 0 Å². The van der Waals surface area contributed by atoms with Crippen LogP contribution in [0.15, 0.2) is 18.3 Å². The minimum Gasteiger partial charge on any atom is -0.379 e. The molecule has 0 saturated carbocycles. The number of hydrogen-bond acceptors (Lipinski definition) is 3. The van der Waals surface area contributed by atoms with Crippen LogP contribution in [-0.2, 0) is 0 Å². The molecule has 0 amide bonds. The smallest absolute Gasteiger partial charge is 0.152 e. The lowest BCUT2D eigenvalue weighted by atomic mass is 10.2. The zero-order valence-corrected chi connectivity index (χ0v) is 9.61. The van der Waals surface area contributed by atoms with E-state index in [0.29, 0.717) is 11.2 Å². The molecule has 0 aliphatic carbocycles. The number of pyridine rings is 1. The number of halogens is 1. The summed E-state index contributed by atoms with van der Waals surface area (Å²) in [6, 6.07) is 4.42. The normalized spacial score (nSPS) is 26.4. The van der Waals surface area contributed by atoms with Crippen molar-refractivity contribution in [3.05, 3.63) is 23.5 Å². The molecule has 1 saturated heterocycles. The van der Waals surface area contributed by atoms with E-state index in [1.54, 1.807) is 6.20 Å². The molecule has 1 fully saturated rings. The average molecular weight is 229 g/mol. The second-order valence-corrected chi connectivity index (χ2v) is 5.39. The van der Waals surface area contributed by atoms with Gasteiger partial charge < -0.3 is 5.32 Å². The summed E-state index contributed by atoms with van der Waals surface area (Å²) in [5.41, 5.74) is 0.953. The lowest BCUT2D eigenvalue weighted by Gasteiger charge is -2.13. The van der Waals surface area contributed by atoms with E-state index in [0.717, 1.165) is 16.7 Å². The fourth-order valence-corrected chi connectivity index (χ4v) is 2.95. The number of rotatable bonds is 2. The largest absolute Gasteiger partial charge is 0.379 e. The molecule has 2 unspecified atom stereocenters. The number of hydrogen-bond donors (Lipinski definition) is 1. The van der Waals surface area contributed by atoms with Crippen molar-refractivity contribution in [3.63, 3.8) is 0 Å². The van der Waals surface area contributed by atoms with Crippen molar-refractivity contribution >= 4 is 29.1 Å². The van der Waals surface area contributed by atoms with E-state index in [1.807, 2.05) is 23.9 Å². The summed E-state index contributed by atoms with van der Waals surface area (Å²) in [4.78, 5) is 4.04. The summed E-state index contributed by atoms with van der Waals surface area (Å²) in [6.07, 6.45) is 2.91. The lowest BCUT2D eigenvalue weighted by Crippen LogP contribution is -2.19. The third-order valence-corrected chi connectivity index (χ3v) is 3.97. The van der Waals surface area contributed by atoms with Gasteiger partial charge in [-0.15, -0.1) is 0 Å². The van der Waals surface area contributed by atoms with Gasteiger partial charge in [-0.3, -0.25) is 0 Å². The molecule has 2 rings (SSSR count). The van der Waals surface area contributed by atoms with Crippen molar-refractivity contribution in [1.29, 1.82) is 0 Å². The van der Waals surface area contributed by atoms with E-state index >= 15 is 0 Å². The third kappa shape index (κ3) is 2.34. The molecule has 1 aromatic heterocycles. The fraction of sp³-hybridized carbons (Fsp3) is 0.500. The number of thioether (sulfide) groups is 1. The SMILES string of the molecule is CC1CC(Nc2cccnc2Cl)CS1. The van der Waals surface area contributed by atoms with Crippen molar-refractivity contribution in [2.75, 3.05) is 11.1 Å². The van der Waals surface area contributed by atoms with Gasteiger partial charge in [0, 0.05) is 23.2 Å². The molecule has 0 aromatic carbocycles. The van der Waals surface area contributed by atoms with Gasteiger partial charge in [-0.1, -0.05) is 18.5 Å². The van der Waals surface area contributed by atoms with Crippen LogP contribution >= 0.6 is 23.4 Å². The molecule has 2 nitrogen and oxygen atoms in total. The Hall–Kier alpha value is -0.410. The summed E-state index contributed by atoms with van der Waals surface area (Å²) in [7, 11) is 0. The number of anilines is 1. The van der Waals surface area contributed by atoms with Gasteiger partial charge in [0.15, 0.2) is 5.15 Å². The first kappa shape index (κ1) is 10.1. The van der Waals surface area contributed by atoms with Crippen LogP contribution in [0.1, 0.15) is 13.3 Å². The monoisotopic (exact) mass is 228 g/mol. The highest BCUT2D eigenvalue weighted by molar-refractivity contribution is 8.00. The van der Waals surface area contributed by atoms with Crippen molar-refractivity contribution < 1.29 is 0 Å². The van der Waals surface area contributed by atoms with Crippen LogP contribution in [-0.4, -0.2) is 22.0 Å². The molecule has 4 heteroatoms. The predicted octanol–water partition coefficient (Wildman–Crippen LogP) is 3.04. The van der Waals surface area contributed by atoms with E-state index in [2.05, 4.69) is 17.2 Å². The zero-order valence-electron chi connectivity index (χ0n) is 8.03. The van der Waals surface area contributed by atoms with Gasteiger partial charge >= 0.3 is 0 Å². The summed E-state index contributed by atoms with van der Waals surface area (Å²) in [6.45, 7) is 2.26. The van der Waals surface area contributed by atoms with Gasteiger partial charge in [-0.2, -0.15) is 11.8 Å². The van der Waals surface area contributed by atoms with Gasteiger partial charge in [-0.05, 0) is 18.6 Å². The first-order valence-electron chi connectivity index (χ1n) is 4.74. The molecule has 76 valence electrons. The minimum absolute atomic E-state index is 0.539. The Bertz CT molecular complexity index is 319. The first-order chi connectivity index (χ1) is 6.75. The average Bonchev–Trinajstić information content (AvgIpc) is 2.56. The molecule has 1 aliphatic rings. The van der Waals surface area contributed by atoms with Crippen molar-refractivity contribution in [2.45, 2.75) is 24.6 Å². The van der Waals surface area contributed by atoms with Crippen LogP contribution in [0, 0.1) is 0 Å². The molecular weight excluding hydrogens is 216 g/mol. The van der Waals surface area contributed by atoms with E-state index in [-0.39, 0.29) is 0 Å². The molecule has 0 bridgehead atoms. The van der Waals surface area contributed by atoms with Crippen LogP contribution < -0.4 is 5.32 Å².